The van der Waals surface area contributed by atoms with Gasteiger partial charge in [-0.05, 0) is 18.2 Å². The molecule has 0 saturated heterocycles. The van der Waals surface area contributed by atoms with E-state index < -0.39 is 11.8 Å². The molecule has 7 nitrogen and oxygen atoms in total. The van der Waals surface area contributed by atoms with E-state index in [0.717, 1.165) is 0 Å². The van der Waals surface area contributed by atoms with Crippen LogP contribution in [0.2, 0.25) is 0 Å². The maximum absolute atomic E-state index is 10.9. The second-order valence-electron chi connectivity index (χ2n) is 3.17. The standard InChI is InChI=1S/C11H13N3O4/c1-17-8-3-4-9(18-2)7(5-8)6-13-14-11(16)10(12)15/h3-6H,1-2H3,(H2,12,15)(H,14,16). The summed E-state index contributed by atoms with van der Waals surface area (Å²) >= 11 is 0. The molecular weight excluding hydrogens is 238 g/mol. The van der Waals surface area contributed by atoms with E-state index in [4.69, 9.17) is 15.2 Å². The Morgan fingerprint density at radius 1 is 1.33 bits per heavy atom. The highest BCUT2D eigenvalue weighted by Crippen LogP contribution is 2.22. The Bertz CT molecular complexity index is 485. The Hall–Kier alpha value is -2.57. The lowest BCUT2D eigenvalue weighted by Gasteiger charge is -2.06. The van der Waals surface area contributed by atoms with Crippen LogP contribution in [0.1, 0.15) is 5.56 Å². The SMILES string of the molecule is COc1ccc(OC)c(C=NNC(=O)C(N)=O)c1. The van der Waals surface area contributed by atoms with Crippen LogP contribution in [-0.4, -0.2) is 32.2 Å². The summed E-state index contributed by atoms with van der Waals surface area (Å²) in [6.45, 7) is 0. The van der Waals surface area contributed by atoms with Gasteiger partial charge >= 0.3 is 11.8 Å². The Labute approximate surface area is 104 Å². The fourth-order valence-corrected chi connectivity index (χ4v) is 1.16. The molecule has 0 aromatic heterocycles. The van der Waals surface area contributed by atoms with Crippen molar-refractivity contribution in [2.24, 2.45) is 10.8 Å². The number of hydrogen-bond donors (Lipinski definition) is 2. The van der Waals surface area contributed by atoms with Gasteiger partial charge in [-0.15, -0.1) is 0 Å². The molecule has 1 rings (SSSR count). The minimum absolute atomic E-state index is 0.549. The molecule has 0 atom stereocenters. The van der Waals surface area contributed by atoms with Crippen LogP contribution in [0.5, 0.6) is 11.5 Å². The van der Waals surface area contributed by atoms with E-state index in [1.54, 1.807) is 18.2 Å². The lowest BCUT2D eigenvalue weighted by atomic mass is 10.2. The van der Waals surface area contributed by atoms with Crippen molar-refractivity contribution in [2.75, 3.05) is 14.2 Å². The number of carbonyl (C=O) groups excluding carboxylic acids is 2. The summed E-state index contributed by atoms with van der Waals surface area (Å²) < 4.78 is 10.1. The topological polar surface area (TPSA) is 103 Å². The summed E-state index contributed by atoms with van der Waals surface area (Å²) in [4.78, 5) is 21.3. The second kappa shape index (κ2) is 6.24. The number of amides is 2. The van der Waals surface area contributed by atoms with E-state index in [9.17, 15) is 9.59 Å². The van der Waals surface area contributed by atoms with Crippen molar-refractivity contribution in [1.29, 1.82) is 0 Å². The average molecular weight is 251 g/mol. The minimum atomic E-state index is -1.11. The summed E-state index contributed by atoms with van der Waals surface area (Å²) in [6, 6.07) is 5.08. The third-order valence-corrected chi connectivity index (χ3v) is 2.03. The van der Waals surface area contributed by atoms with Crippen LogP contribution in [-0.2, 0) is 9.59 Å². The van der Waals surface area contributed by atoms with Crippen LogP contribution >= 0.6 is 0 Å². The van der Waals surface area contributed by atoms with Crippen molar-refractivity contribution >= 4 is 18.0 Å². The molecule has 1 aromatic rings. The quantitative estimate of drug-likeness (QED) is 0.433. The summed E-state index contributed by atoms with van der Waals surface area (Å²) in [6.07, 6.45) is 1.32. The number of carbonyl (C=O) groups is 2. The fourth-order valence-electron chi connectivity index (χ4n) is 1.16. The van der Waals surface area contributed by atoms with Crippen LogP contribution in [0.3, 0.4) is 0 Å². The van der Waals surface area contributed by atoms with Crippen molar-refractivity contribution in [3.05, 3.63) is 23.8 Å². The van der Waals surface area contributed by atoms with Crippen molar-refractivity contribution in [2.45, 2.75) is 0 Å². The van der Waals surface area contributed by atoms with Crippen molar-refractivity contribution < 1.29 is 19.1 Å². The molecule has 0 aliphatic heterocycles. The molecule has 0 radical (unpaired) electrons. The first-order valence-electron chi connectivity index (χ1n) is 4.93. The number of nitrogens with one attached hydrogen (secondary N) is 1. The average Bonchev–Trinajstić information content (AvgIpc) is 2.38. The second-order valence-corrected chi connectivity index (χ2v) is 3.17. The van der Waals surface area contributed by atoms with E-state index in [1.807, 2.05) is 5.43 Å². The first kappa shape index (κ1) is 13.5. The molecule has 0 bridgehead atoms. The van der Waals surface area contributed by atoms with Gasteiger partial charge in [0.15, 0.2) is 0 Å². The van der Waals surface area contributed by atoms with Crippen LogP contribution < -0.4 is 20.6 Å². The third-order valence-electron chi connectivity index (χ3n) is 2.03. The molecule has 0 aliphatic rings. The summed E-state index contributed by atoms with van der Waals surface area (Å²) in [7, 11) is 3.03. The first-order valence-corrected chi connectivity index (χ1v) is 4.93. The molecule has 96 valence electrons. The first-order chi connectivity index (χ1) is 8.58. The van der Waals surface area contributed by atoms with Crippen molar-refractivity contribution in [1.82, 2.24) is 5.43 Å². The molecule has 1 aromatic carbocycles. The number of hydrogen-bond acceptors (Lipinski definition) is 5. The fraction of sp³-hybridized carbons (Fsp3) is 0.182. The normalized spacial score (nSPS) is 10.1. The molecule has 7 heteroatoms. The molecule has 3 N–H and O–H groups in total. The Balaban J connectivity index is 2.84. The number of nitrogens with two attached hydrogens (primary N) is 1. The van der Waals surface area contributed by atoms with Gasteiger partial charge in [-0.1, -0.05) is 0 Å². The maximum Gasteiger partial charge on any atom is 0.329 e. The van der Waals surface area contributed by atoms with Gasteiger partial charge in [0.25, 0.3) is 0 Å². The summed E-state index contributed by atoms with van der Waals surface area (Å²) in [5.74, 6) is -0.941. The van der Waals surface area contributed by atoms with Crippen molar-refractivity contribution in [3.63, 3.8) is 0 Å². The van der Waals surface area contributed by atoms with Gasteiger partial charge in [-0.2, -0.15) is 5.10 Å². The zero-order chi connectivity index (χ0) is 13.5. The number of benzene rings is 1. The molecule has 0 saturated carbocycles. The van der Waals surface area contributed by atoms with E-state index in [1.165, 1.54) is 20.4 Å². The Kier molecular flexibility index (Phi) is 4.67. The van der Waals surface area contributed by atoms with Crippen molar-refractivity contribution in [3.8, 4) is 11.5 Å². The molecule has 0 spiro atoms. The zero-order valence-electron chi connectivity index (χ0n) is 9.97. The molecule has 0 fully saturated rings. The van der Waals surface area contributed by atoms with Gasteiger partial charge in [0.05, 0.1) is 20.4 Å². The Morgan fingerprint density at radius 2 is 2.06 bits per heavy atom. The number of hydrazone groups is 1. The van der Waals surface area contributed by atoms with E-state index in [-0.39, 0.29) is 0 Å². The van der Waals surface area contributed by atoms with E-state index >= 15 is 0 Å². The van der Waals surface area contributed by atoms with Gasteiger partial charge < -0.3 is 15.2 Å². The highest BCUT2D eigenvalue weighted by molar-refractivity contribution is 6.34. The number of nitrogens with zero attached hydrogens (tertiary/aromatic N) is 1. The lowest BCUT2D eigenvalue weighted by Crippen LogP contribution is -2.32. The predicted octanol–water partition coefficient (Wildman–Crippen LogP) is -0.361. The molecule has 18 heavy (non-hydrogen) atoms. The van der Waals surface area contributed by atoms with E-state index in [2.05, 4.69) is 5.10 Å². The summed E-state index contributed by atoms with van der Waals surface area (Å²) in [5.41, 5.74) is 7.31. The zero-order valence-corrected chi connectivity index (χ0v) is 9.97. The molecule has 0 heterocycles. The maximum atomic E-state index is 10.9. The number of ether oxygens (including phenoxy) is 2. The summed E-state index contributed by atoms with van der Waals surface area (Å²) in [5, 5.41) is 3.59. The highest BCUT2D eigenvalue weighted by atomic mass is 16.5. The van der Waals surface area contributed by atoms with Gasteiger partial charge in [-0.3, -0.25) is 9.59 Å². The largest absolute Gasteiger partial charge is 0.497 e. The molecule has 0 aliphatic carbocycles. The number of primary amides is 1. The smallest absolute Gasteiger partial charge is 0.329 e. The van der Waals surface area contributed by atoms with Crippen LogP contribution in [0.25, 0.3) is 0 Å². The monoisotopic (exact) mass is 251 g/mol. The van der Waals surface area contributed by atoms with Gasteiger partial charge in [0.1, 0.15) is 11.5 Å². The number of methoxy groups -OCH3 is 2. The molecular formula is C11H13N3O4. The minimum Gasteiger partial charge on any atom is -0.497 e. The highest BCUT2D eigenvalue weighted by Gasteiger charge is 2.06. The van der Waals surface area contributed by atoms with Crippen LogP contribution in [0.4, 0.5) is 0 Å². The van der Waals surface area contributed by atoms with Gasteiger partial charge in [-0.25, -0.2) is 5.43 Å². The molecule has 0 unspecified atom stereocenters. The predicted molar refractivity (Wildman–Crippen MR) is 64.5 cm³/mol. The van der Waals surface area contributed by atoms with E-state index in [0.29, 0.717) is 17.1 Å². The van der Waals surface area contributed by atoms with Crippen LogP contribution in [0, 0.1) is 0 Å². The number of rotatable bonds is 4. The van der Waals surface area contributed by atoms with Gasteiger partial charge in [0, 0.05) is 5.56 Å². The third kappa shape index (κ3) is 3.48. The molecule has 2 amide bonds. The Morgan fingerprint density at radius 3 is 2.61 bits per heavy atom. The van der Waals surface area contributed by atoms with Gasteiger partial charge in [0.2, 0.25) is 0 Å². The van der Waals surface area contributed by atoms with Crippen LogP contribution in [0.15, 0.2) is 23.3 Å². The lowest BCUT2D eigenvalue weighted by molar-refractivity contribution is -0.137.